The molecule has 6 heteroatoms. The summed E-state index contributed by atoms with van der Waals surface area (Å²) in [4.78, 5) is 23.6. The number of carboxylic acid groups (broad SMARTS) is 1. The van der Waals surface area contributed by atoms with Crippen molar-refractivity contribution in [3.05, 3.63) is 28.2 Å². The van der Waals surface area contributed by atoms with E-state index in [-0.39, 0.29) is 12.3 Å². The van der Waals surface area contributed by atoms with E-state index in [1.165, 1.54) is 0 Å². The van der Waals surface area contributed by atoms with Crippen LogP contribution >= 0.6 is 15.9 Å². The van der Waals surface area contributed by atoms with Gasteiger partial charge in [0.15, 0.2) is 0 Å². The molecule has 0 aromatic heterocycles. The monoisotopic (exact) mass is 350 g/mol. The molecule has 1 aliphatic rings. The summed E-state index contributed by atoms with van der Waals surface area (Å²) in [6.07, 6.45) is 2.66. The van der Waals surface area contributed by atoms with E-state index in [2.05, 4.69) is 21.2 Å². The summed E-state index contributed by atoms with van der Waals surface area (Å²) in [6.45, 7) is 0. The molecule has 1 fully saturated rings. The number of aliphatic carboxylic acids is 1. The van der Waals surface area contributed by atoms with Crippen LogP contribution in [0.15, 0.2) is 22.7 Å². The Morgan fingerprint density at radius 3 is 2.62 bits per heavy atom. The summed E-state index contributed by atoms with van der Waals surface area (Å²) in [7, 11) is 0. The molecular weight excluding hydrogens is 336 g/mol. The van der Waals surface area contributed by atoms with Gasteiger partial charge in [-0.15, -0.1) is 0 Å². The Bertz CT molecular complexity index is 616. The molecule has 0 bridgehead atoms. The number of rotatable bonds is 4. The van der Waals surface area contributed by atoms with Gasteiger partial charge in [-0.1, -0.05) is 28.8 Å². The fraction of sp³-hybridized carbons (Fsp3) is 0.400. The SMILES string of the molecule is N#Cc1ccc(Br)cc1NC(=O)CC1(C(=O)O)CCCC1. The molecule has 0 saturated heterocycles. The normalized spacial score (nSPS) is 16.2. The molecule has 1 amide bonds. The molecule has 0 atom stereocenters. The highest BCUT2D eigenvalue weighted by atomic mass is 79.9. The third-order valence-corrected chi connectivity index (χ3v) is 4.38. The first-order chi connectivity index (χ1) is 9.97. The molecule has 0 radical (unpaired) electrons. The van der Waals surface area contributed by atoms with Crippen molar-refractivity contribution in [2.45, 2.75) is 32.1 Å². The van der Waals surface area contributed by atoms with Crippen LogP contribution in [0.25, 0.3) is 0 Å². The maximum Gasteiger partial charge on any atom is 0.310 e. The smallest absolute Gasteiger partial charge is 0.310 e. The minimum Gasteiger partial charge on any atom is -0.481 e. The van der Waals surface area contributed by atoms with Crippen molar-refractivity contribution in [2.75, 3.05) is 5.32 Å². The summed E-state index contributed by atoms with van der Waals surface area (Å²) < 4.78 is 0.741. The lowest BCUT2D eigenvalue weighted by atomic mass is 9.82. The van der Waals surface area contributed by atoms with Gasteiger partial charge >= 0.3 is 5.97 Å². The zero-order valence-corrected chi connectivity index (χ0v) is 12.9. The minimum absolute atomic E-state index is 0.0558. The molecule has 2 rings (SSSR count). The third-order valence-electron chi connectivity index (χ3n) is 3.89. The molecule has 0 spiro atoms. The van der Waals surface area contributed by atoms with E-state index in [0.29, 0.717) is 24.1 Å². The molecular formula is C15H15BrN2O3. The predicted octanol–water partition coefficient (Wildman–Crippen LogP) is 3.29. The Morgan fingerprint density at radius 2 is 2.05 bits per heavy atom. The number of carbonyl (C=O) groups excluding carboxylic acids is 1. The van der Waals surface area contributed by atoms with E-state index in [1.807, 2.05) is 6.07 Å². The van der Waals surface area contributed by atoms with Gasteiger partial charge in [-0.25, -0.2) is 0 Å². The summed E-state index contributed by atoms with van der Waals surface area (Å²) in [5, 5.41) is 21.1. The molecule has 1 aromatic carbocycles. The van der Waals surface area contributed by atoms with Crippen molar-refractivity contribution in [1.29, 1.82) is 5.26 Å². The fourth-order valence-corrected chi connectivity index (χ4v) is 3.10. The third kappa shape index (κ3) is 3.42. The van der Waals surface area contributed by atoms with Crippen molar-refractivity contribution in [1.82, 2.24) is 0 Å². The second kappa shape index (κ2) is 6.27. The number of nitrogens with zero attached hydrogens (tertiary/aromatic N) is 1. The van der Waals surface area contributed by atoms with Crippen molar-refractivity contribution < 1.29 is 14.7 Å². The van der Waals surface area contributed by atoms with Gasteiger partial charge < -0.3 is 10.4 Å². The van der Waals surface area contributed by atoms with Crippen LogP contribution in [0.3, 0.4) is 0 Å². The van der Waals surface area contributed by atoms with Crippen molar-refractivity contribution >= 4 is 33.5 Å². The van der Waals surface area contributed by atoms with Gasteiger partial charge in [-0.05, 0) is 31.0 Å². The van der Waals surface area contributed by atoms with Crippen LogP contribution in [0.5, 0.6) is 0 Å². The fourth-order valence-electron chi connectivity index (χ4n) is 2.74. The Labute approximate surface area is 131 Å². The Morgan fingerprint density at radius 1 is 1.38 bits per heavy atom. The van der Waals surface area contributed by atoms with Gasteiger partial charge in [0.2, 0.25) is 5.91 Å². The largest absolute Gasteiger partial charge is 0.481 e. The maximum atomic E-state index is 12.2. The summed E-state index contributed by atoms with van der Waals surface area (Å²) >= 11 is 3.28. The Hall–Kier alpha value is -1.87. The lowest BCUT2D eigenvalue weighted by Crippen LogP contribution is -2.32. The molecule has 21 heavy (non-hydrogen) atoms. The summed E-state index contributed by atoms with van der Waals surface area (Å²) in [5.74, 6) is -1.28. The highest BCUT2D eigenvalue weighted by molar-refractivity contribution is 9.10. The number of nitriles is 1. The first-order valence-corrected chi connectivity index (χ1v) is 7.49. The Kier molecular flexibility index (Phi) is 4.63. The first-order valence-electron chi connectivity index (χ1n) is 6.70. The predicted molar refractivity (Wildman–Crippen MR) is 80.6 cm³/mol. The molecule has 110 valence electrons. The highest BCUT2D eigenvalue weighted by Gasteiger charge is 2.43. The molecule has 1 aliphatic carbocycles. The maximum absolute atomic E-state index is 12.2. The molecule has 1 aromatic rings. The second-order valence-electron chi connectivity index (χ2n) is 5.32. The number of carboxylic acids is 1. The summed E-state index contributed by atoms with van der Waals surface area (Å²) in [5.41, 5.74) is -0.208. The van der Waals surface area contributed by atoms with Crippen molar-refractivity contribution in [2.24, 2.45) is 5.41 Å². The van der Waals surface area contributed by atoms with Crippen LogP contribution in [0.1, 0.15) is 37.7 Å². The second-order valence-corrected chi connectivity index (χ2v) is 6.23. The van der Waals surface area contributed by atoms with E-state index in [9.17, 15) is 14.7 Å². The van der Waals surface area contributed by atoms with E-state index in [4.69, 9.17) is 5.26 Å². The number of hydrogen-bond donors (Lipinski definition) is 2. The van der Waals surface area contributed by atoms with Crippen LogP contribution < -0.4 is 5.32 Å². The lowest BCUT2D eigenvalue weighted by Gasteiger charge is -2.23. The Balaban J connectivity index is 2.14. The van der Waals surface area contributed by atoms with Gasteiger partial charge in [0.1, 0.15) is 6.07 Å². The average Bonchev–Trinajstić information content (AvgIpc) is 2.88. The summed E-state index contributed by atoms with van der Waals surface area (Å²) in [6, 6.07) is 6.95. The number of hydrogen-bond acceptors (Lipinski definition) is 3. The molecule has 2 N–H and O–H groups in total. The zero-order chi connectivity index (χ0) is 15.5. The average molecular weight is 351 g/mol. The van der Waals surface area contributed by atoms with Crippen LogP contribution in [0, 0.1) is 16.7 Å². The van der Waals surface area contributed by atoms with E-state index < -0.39 is 11.4 Å². The minimum atomic E-state index is -0.955. The molecule has 5 nitrogen and oxygen atoms in total. The quantitative estimate of drug-likeness (QED) is 0.871. The number of nitrogens with one attached hydrogen (secondary N) is 1. The van der Waals surface area contributed by atoms with Gasteiger partial charge in [0.25, 0.3) is 0 Å². The number of halogens is 1. The number of anilines is 1. The first kappa shape index (κ1) is 15.5. The van der Waals surface area contributed by atoms with Gasteiger partial charge in [0.05, 0.1) is 16.7 Å². The van der Waals surface area contributed by atoms with Crippen molar-refractivity contribution in [3.8, 4) is 6.07 Å². The van der Waals surface area contributed by atoms with Crippen LogP contribution in [-0.4, -0.2) is 17.0 Å². The van der Waals surface area contributed by atoms with Gasteiger partial charge in [-0.2, -0.15) is 5.26 Å². The zero-order valence-electron chi connectivity index (χ0n) is 11.4. The molecule has 0 aliphatic heterocycles. The van der Waals surface area contributed by atoms with E-state index in [1.54, 1.807) is 18.2 Å². The molecule has 0 heterocycles. The van der Waals surface area contributed by atoms with Crippen LogP contribution in [-0.2, 0) is 9.59 Å². The van der Waals surface area contributed by atoms with Gasteiger partial charge in [-0.3, -0.25) is 9.59 Å². The number of benzene rings is 1. The number of carbonyl (C=O) groups is 2. The number of amides is 1. The van der Waals surface area contributed by atoms with Crippen LogP contribution in [0.2, 0.25) is 0 Å². The molecule has 1 saturated carbocycles. The topological polar surface area (TPSA) is 90.2 Å². The highest BCUT2D eigenvalue weighted by Crippen LogP contribution is 2.41. The van der Waals surface area contributed by atoms with E-state index in [0.717, 1.165) is 17.3 Å². The van der Waals surface area contributed by atoms with Gasteiger partial charge in [0, 0.05) is 10.9 Å². The lowest BCUT2D eigenvalue weighted by molar-refractivity contribution is -0.150. The van der Waals surface area contributed by atoms with Crippen LogP contribution in [0.4, 0.5) is 5.69 Å². The standard InChI is InChI=1S/C15H15BrN2O3/c16-11-4-3-10(9-17)12(7-11)18-13(19)8-15(14(20)21)5-1-2-6-15/h3-4,7H,1-2,5-6,8H2,(H,18,19)(H,20,21). The van der Waals surface area contributed by atoms with Crippen molar-refractivity contribution in [3.63, 3.8) is 0 Å². The molecule has 0 unspecified atom stereocenters. The van der Waals surface area contributed by atoms with E-state index >= 15 is 0 Å².